The van der Waals surface area contributed by atoms with Gasteiger partial charge in [0, 0.05) is 16.7 Å². The van der Waals surface area contributed by atoms with Gasteiger partial charge in [0.2, 0.25) is 0 Å². The largest absolute Gasteiger partial charge is 0.508 e. The van der Waals surface area contributed by atoms with Crippen LogP contribution in [0.2, 0.25) is 0 Å². The van der Waals surface area contributed by atoms with Gasteiger partial charge in [0.15, 0.2) is 0 Å². The topological polar surface area (TPSA) is 38.0 Å². The van der Waals surface area contributed by atoms with Crippen LogP contribution in [-0.4, -0.2) is 14.9 Å². The number of benzene rings is 4. The fourth-order valence-corrected chi connectivity index (χ4v) is 4.26. The Hall–Kier alpha value is -4.11. The van der Waals surface area contributed by atoms with Crippen molar-refractivity contribution in [2.45, 2.75) is 13.3 Å². The Labute approximate surface area is 188 Å². The van der Waals surface area contributed by atoms with E-state index in [1.165, 1.54) is 0 Å². The van der Waals surface area contributed by atoms with Gasteiger partial charge in [0.1, 0.15) is 11.4 Å². The molecule has 1 aromatic heterocycles. The van der Waals surface area contributed by atoms with E-state index in [4.69, 9.17) is 5.10 Å². The van der Waals surface area contributed by atoms with Crippen molar-refractivity contribution in [1.29, 1.82) is 0 Å². The van der Waals surface area contributed by atoms with Crippen LogP contribution in [-0.2, 0) is 6.42 Å². The molecule has 0 amide bonds. The summed E-state index contributed by atoms with van der Waals surface area (Å²) in [5.41, 5.74) is 8.51. The molecule has 4 aromatic carbocycles. The zero-order valence-electron chi connectivity index (χ0n) is 17.9. The third-order valence-corrected chi connectivity index (χ3v) is 5.72. The first kappa shape index (κ1) is 19.8. The molecule has 3 heteroatoms. The van der Waals surface area contributed by atoms with E-state index in [1.807, 2.05) is 36.4 Å². The van der Waals surface area contributed by atoms with Gasteiger partial charge in [-0.15, -0.1) is 0 Å². The summed E-state index contributed by atoms with van der Waals surface area (Å²) in [6.45, 7) is 2.17. The highest BCUT2D eigenvalue weighted by Gasteiger charge is 2.21. The van der Waals surface area contributed by atoms with Gasteiger partial charge in [-0.2, -0.15) is 5.10 Å². The quantitative estimate of drug-likeness (QED) is 0.331. The van der Waals surface area contributed by atoms with E-state index in [2.05, 4.69) is 72.3 Å². The van der Waals surface area contributed by atoms with Crippen LogP contribution < -0.4 is 0 Å². The van der Waals surface area contributed by atoms with Crippen LogP contribution in [0.4, 0.5) is 0 Å². The van der Waals surface area contributed by atoms with Crippen LogP contribution in [0.3, 0.4) is 0 Å². The minimum Gasteiger partial charge on any atom is -0.508 e. The minimum atomic E-state index is 0.253. The Balaban J connectivity index is 1.80. The number of hydrogen-bond acceptors (Lipinski definition) is 2. The molecule has 0 unspecified atom stereocenters. The van der Waals surface area contributed by atoms with Crippen LogP contribution in [0.15, 0.2) is 109 Å². The van der Waals surface area contributed by atoms with Gasteiger partial charge in [-0.05, 0) is 35.7 Å². The Kier molecular flexibility index (Phi) is 5.30. The standard InChI is InChI=1S/C29H24N2O/c1-2-26-28(21-12-5-3-6-13-21)29(22-14-7-4-8-15-22)30-31(26)27-19-10-9-18-25(27)23-16-11-17-24(32)20-23/h3-20,32H,2H2,1H3. The molecule has 0 saturated heterocycles. The van der Waals surface area contributed by atoms with E-state index in [0.717, 1.165) is 51.3 Å². The predicted molar refractivity (Wildman–Crippen MR) is 131 cm³/mol. The van der Waals surface area contributed by atoms with Crippen molar-refractivity contribution in [3.8, 4) is 44.9 Å². The summed E-state index contributed by atoms with van der Waals surface area (Å²) >= 11 is 0. The SMILES string of the molecule is CCc1c(-c2ccccc2)c(-c2ccccc2)nn1-c1ccccc1-c1cccc(O)c1. The van der Waals surface area contributed by atoms with Crippen LogP contribution in [0.25, 0.3) is 39.2 Å². The van der Waals surface area contributed by atoms with Crippen molar-refractivity contribution < 1.29 is 5.11 Å². The molecule has 5 rings (SSSR count). The molecule has 0 spiro atoms. The number of phenols is 1. The maximum Gasteiger partial charge on any atom is 0.116 e. The second-order valence-corrected chi connectivity index (χ2v) is 7.74. The molecular formula is C29H24N2O. The second-order valence-electron chi connectivity index (χ2n) is 7.74. The van der Waals surface area contributed by atoms with E-state index in [-0.39, 0.29) is 5.75 Å². The van der Waals surface area contributed by atoms with Crippen molar-refractivity contribution in [3.05, 3.63) is 115 Å². The lowest BCUT2D eigenvalue weighted by Crippen LogP contribution is -2.04. The summed E-state index contributed by atoms with van der Waals surface area (Å²) in [5.74, 6) is 0.253. The minimum absolute atomic E-state index is 0.253. The van der Waals surface area contributed by atoms with E-state index in [0.29, 0.717) is 0 Å². The maximum absolute atomic E-state index is 10.1. The number of phenolic OH excluding ortho intramolecular Hbond substituents is 1. The lowest BCUT2D eigenvalue weighted by atomic mass is 9.97. The predicted octanol–water partition coefficient (Wildman–Crippen LogP) is 7.14. The smallest absolute Gasteiger partial charge is 0.116 e. The lowest BCUT2D eigenvalue weighted by Gasteiger charge is -2.13. The monoisotopic (exact) mass is 416 g/mol. The van der Waals surface area contributed by atoms with Crippen molar-refractivity contribution in [2.75, 3.05) is 0 Å². The molecule has 0 bridgehead atoms. The lowest BCUT2D eigenvalue weighted by molar-refractivity contribution is 0.475. The summed E-state index contributed by atoms with van der Waals surface area (Å²) in [4.78, 5) is 0. The first-order valence-electron chi connectivity index (χ1n) is 10.9. The van der Waals surface area contributed by atoms with Crippen molar-refractivity contribution in [2.24, 2.45) is 0 Å². The van der Waals surface area contributed by atoms with Crippen LogP contribution in [0.5, 0.6) is 5.75 Å². The first-order valence-corrected chi connectivity index (χ1v) is 10.9. The van der Waals surface area contributed by atoms with Crippen molar-refractivity contribution >= 4 is 0 Å². The van der Waals surface area contributed by atoms with E-state index < -0.39 is 0 Å². The molecule has 3 nitrogen and oxygen atoms in total. The van der Waals surface area contributed by atoms with Crippen molar-refractivity contribution in [1.82, 2.24) is 9.78 Å². The third-order valence-electron chi connectivity index (χ3n) is 5.72. The highest BCUT2D eigenvalue weighted by Crippen LogP contribution is 2.38. The molecule has 0 fully saturated rings. The average molecular weight is 417 g/mol. The molecule has 32 heavy (non-hydrogen) atoms. The number of hydrogen-bond donors (Lipinski definition) is 1. The van der Waals surface area contributed by atoms with Crippen LogP contribution in [0, 0.1) is 0 Å². The first-order chi connectivity index (χ1) is 15.8. The number of aromatic nitrogens is 2. The fourth-order valence-electron chi connectivity index (χ4n) is 4.26. The van der Waals surface area contributed by atoms with Crippen LogP contribution in [0.1, 0.15) is 12.6 Å². The zero-order chi connectivity index (χ0) is 21.9. The van der Waals surface area contributed by atoms with Gasteiger partial charge in [-0.1, -0.05) is 97.9 Å². The zero-order valence-corrected chi connectivity index (χ0v) is 17.9. The Morgan fingerprint density at radius 1 is 0.688 bits per heavy atom. The third kappa shape index (κ3) is 3.58. The highest BCUT2D eigenvalue weighted by atomic mass is 16.3. The molecule has 0 aliphatic heterocycles. The van der Waals surface area contributed by atoms with Gasteiger partial charge >= 0.3 is 0 Å². The summed E-state index contributed by atoms with van der Waals surface area (Å²) in [5, 5.41) is 15.2. The van der Waals surface area contributed by atoms with Gasteiger partial charge in [0.25, 0.3) is 0 Å². The van der Waals surface area contributed by atoms with Gasteiger partial charge in [0.05, 0.1) is 11.4 Å². The van der Waals surface area contributed by atoms with E-state index in [9.17, 15) is 5.11 Å². The molecule has 1 N–H and O–H groups in total. The van der Waals surface area contributed by atoms with Gasteiger partial charge < -0.3 is 5.11 Å². The number of para-hydroxylation sites is 1. The fraction of sp³-hybridized carbons (Fsp3) is 0.0690. The number of aromatic hydroxyl groups is 1. The molecule has 0 atom stereocenters. The molecule has 0 aliphatic rings. The van der Waals surface area contributed by atoms with E-state index in [1.54, 1.807) is 12.1 Å². The molecule has 1 heterocycles. The average Bonchev–Trinajstić information content (AvgIpc) is 3.25. The normalized spacial score (nSPS) is 10.9. The summed E-state index contributed by atoms with van der Waals surface area (Å²) in [6.07, 6.45) is 0.832. The summed E-state index contributed by atoms with van der Waals surface area (Å²) in [7, 11) is 0. The number of nitrogens with zero attached hydrogens (tertiary/aromatic N) is 2. The van der Waals surface area contributed by atoms with Crippen LogP contribution >= 0.6 is 0 Å². The van der Waals surface area contributed by atoms with Crippen molar-refractivity contribution in [3.63, 3.8) is 0 Å². The Morgan fingerprint density at radius 2 is 1.31 bits per heavy atom. The second kappa shape index (κ2) is 8.56. The molecule has 5 aromatic rings. The number of rotatable bonds is 5. The van der Waals surface area contributed by atoms with Gasteiger partial charge in [-0.3, -0.25) is 0 Å². The summed E-state index contributed by atoms with van der Waals surface area (Å²) < 4.78 is 2.07. The molecule has 0 radical (unpaired) electrons. The van der Waals surface area contributed by atoms with Gasteiger partial charge in [-0.25, -0.2) is 4.68 Å². The molecule has 0 saturated carbocycles. The summed E-state index contributed by atoms with van der Waals surface area (Å²) in [6, 6.07) is 36.4. The molecule has 156 valence electrons. The molecular weight excluding hydrogens is 392 g/mol. The maximum atomic E-state index is 10.1. The van der Waals surface area contributed by atoms with E-state index >= 15 is 0 Å². The Bertz CT molecular complexity index is 1350. The Morgan fingerprint density at radius 3 is 2.00 bits per heavy atom. The highest BCUT2D eigenvalue weighted by molar-refractivity contribution is 5.84. The molecule has 0 aliphatic carbocycles.